The summed E-state index contributed by atoms with van der Waals surface area (Å²) in [5.74, 6) is 0.932. The van der Waals surface area contributed by atoms with Gasteiger partial charge in [0, 0.05) is 0 Å². The maximum absolute atomic E-state index is 10.8. The predicted octanol–water partition coefficient (Wildman–Crippen LogP) is 11.9. The molecule has 4 rings (SSSR count). The molecule has 0 fully saturated rings. The Morgan fingerprint density at radius 1 is 0.415 bits per heavy atom. The number of hydrogen-bond donors (Lipinski definition) is 4. The fraction of sp³-hybridized carbons (Fsp3) is 0.455. The first-order chi connectivity index (χ1) is 24.0. The fourth-order valence-corrected chi connectivity index (χ4v) is 5.83. The van der Waals surface area contributed by atoms with E-state index < -0.39 is 17.4 Å². The second-order valence-electron chi connectivity index (χ2n) is 17.2. The molecule has 0 radical (unpaired) electrons. The average molecular weight is 808 g/mol. The van der Waals surface area contributed by atoms with Gasteiger partial charge in [0.15, 0.2) is 0 Å². The largest absolute Gasteiger partial charge is 2.00 e. The van der Waals surface area contributed by atoms with Crippen molar-refractivity contribution in [2.75, 3.05) is 0 Å². The van der Waals surface area contributed by atoms with Crippen molar-refractivity contribution in [3.63, 3.8) is 0 Å². The van der Waals surface area contributed by atoms with Crippen LogP contribution in [-0.4, -0.2) is 20.0 Å². The van der Waals surface area contributed by atoms with E-state index in [0.717, 1.165) is 47.9 Å². The maximum Gasteiger partial charge on any atom is 2.00 e. The zero-order valence-electron chi connectivity index (χ0n) is 33.7. The fourth-order valence-electron chi connectivity index (χ4n) is 5.83. The normalized spacial score (nSPS) is 11.6. The molecule has 0 atom stereocenters. The van der Waals surface area contributed by atoms with Gasteiger partial charge >= 0.3 is 33.9 Å². The van der Waals surface area contributed by atoms with Gasteiger partial charge in [-0.2, -0.15) is 0 Å². The van der Waals surface area contributed by atoms with E-state index in [1.54, 1.807) is 0 Å². The zero-order chi connectivity index (χ0) is 39.9. The van der Waals surface area contributed by atoms with E-state index >= 15 is 0 Å². The Morgan fingerprint density at radius 2 is 0.604 bits per heavy atom. The third kappa shape index (κ3) is 17.4. The van der Waals surface area contributed by atoms with Crippen molar-refractivity contribution in [2.24, 2.45) is 0 Å². The molecule has 0 aliphatic heterocycles. The topological polar surface area (TPSA) is 115 Å². The van der Waals surface area contributed by atoms with E-state index in [0.29, 0.717) is 11.5 Å². The summed E-state index contributed by atoms with van der Waals surface area (Å²) in [4.78, 5) is 14.0. The summed E-state index contributed by atoms with van der Waals surface area (Å²) < 4.78 is 16.9. The molecule has 0 saturated carbocycles. The van der Waals surface area contributed by atoms with Crippen LogP contribution in [0.2, 0.25) is 0 Å². The van der Waals surface area contributed by atoms with Crippen LogP contribution in [0.5, 0.6) is 11.5 Å². The van der Waals surface area contributed by atoms with Gasteiger partial charge in [-0.05, 0) is 91.9 Å². The summed E-state index contributed by atoms with van der Waals surface area (Å²) in [6, 6.07) is 29.9. The Morgan fingerprint density at radius 3 is 0.792 bits per heavy atom. The number of aryl methyl sites for hydroxylation is 4. The van der Waals surface area contributed by atoms with E-state index in [4.69, 9.17) is 18.9 Å². The Balaban J connectivity index is 0.000000874. The molecule has 9 heteroatoms. The van der Waals surface area contributed by atoms with Crippen LogP contribution in [0.4, 0.5) is 0 Å². The molecular formula is C44H62NiO6P2+2. The molecule has 0 unspecified atom stereocenters. The van der Waals surface area contributed by atoms with Gasteiger partial charge in [-0.1, -0.05) is 168 Å². The van der Waals surface area contributed by atoms with Gasteiger partial charge in [-0.25, -0.2) is 9.13 Å². The molecule has 0 saturated heterocycles. The predicted molar refractivity (Wildman–Crippen MR) is 218 cm³/mol. The van der Waals surface area contributed by atoms with Gasteiger partial charge in [0.2, 0.25) is 0 Å². The minimum atomic E-state index is -0.833. The minimum Gasteiger partial charge on any atom is -0.507 e. The molecule has 6 nitrogen and oxygen atoms in total. The van der Waals surface area contributed by atoms with Crippen LogP contribution in [-0.2, 0) is 73.0 Å². The first-order valence-corrected chi connectivity index (χ1v) is 19.3. The average Bonchev–Trinajstić information content (AvgIpc) is 3.03. The van der Waals surface area contributed by atoms with Gasteiger partial charge < -0.3 is 20.0 Å². The van der Waals surface area contributed by atoms with Crippen LogP contribution in [0.25, 0.3) is 0 Å². The minimum absolute atomic E-state index is 0. The third-order valence-electron chi connectivity index (χ3n) is 8.66. The molecule has 0 spiro atoms. The number of aromatic hydroxyl groups is 2. The number of rotatable bonds is 6. The van der Waals surface area contributed by atoms with Crippen molar-refractivity contribution in [3.8, 4) is 11.5 Å². The van der Waals surface area contributed by atoms with Crippen LogP contribution in [0, 0.1) is 0 Å². The second kappa shape index (κ2) is 22.5. The number of benzene rings is 4. The van der Waals surface area contributed by atoms with E-state index in [2.05, 4.69) is 168 Å². The van der Waals surface area contributed by atoms with Crippen molar-refractivity contribution in [2.45, 2.75) is 130 Å². The van der Waals surface area contributed by atoms with Gasteiger partial charge in [-0.15, -0.1) is 0 Å². The van der Waals surface area contributed by atoms with E-state index in [9.17, 15) is 10.2 Å². The van der Waals surface area contributed by atoms with E-state index in [1.165, 1.54) is 22.3 Å². The molecule has 53 heavy (non-hydrogen) atoms. The summed E-state index contributed by atoms with van der Waals surface area (Å²) in [5.41, 5.74) is 9.27. The van der Waals surface area contributed by atoms with Crippen LogP contribution in [0.3, 0.4) is 0 Å². The maximum atomic E-state index is 10.8. The number of phenolic OH excluding ortho intramolecular Hbond substituents is 2. The van der Waals surface area contributed by atoms with Crippen molar-refractivity contribution >= 4 is 17.4 Å². The zero-order valence-corrected chi connectivity index (χ0v) is 36.5. The van der Waals surface area contributed by atoms with Gasteiger partial charge in [0.1, 0.15) is 11.5 Å². The van der Waals surface area contributed by atoms with Crippen LogP contribution >= 0.6 is 17.4 Å². The summed E-state index contributed by atoms with van der Waals surface area (Å²) in [5, 5.41) is 21.5. The monoisotopic (exact) mass is 806 g/mol. The quantitative estimate of drug-likeness (QED) is 0.114. The first kappa shape index (κ1) is 50.1. The summed E-state index contributed by atoms with van der Waals surface area (Å²) in [6.07, 6.45) is 4.05. The van der Waals surface area contributed by atoms with Gasteiger partial charge in [-0.3, -0.25) is 0 Å². The molecule has 0 amide bonds. The number of hydrogen-bond acceptors (Lipinski definition) is 4. The second-order valence-corrected chi connectivity index (χ2v) is 17.5. The molecule has 4 aromatic rings. The molecular weight excluding hydrogens is 745 g/mol. The summed E-state index contributed by atoms with van der Waals surface area (Å²) in [6.45, 7) is 25.9. The Bertz CT molecular complexity index is 1480. The van der Waals surface area contributed by atoms with E-state index in [-0.39, 0.29) is 38.2 Å². The van der Waals surface area contributed by atoms with Crippen molar-refractivity contribution in [3.05, 3.63) is 129 Å². The van der Waals surface area contributed by atoms with Gasteiger partial charge in [0.05, 0.1) is 0 Å². The van der Waals surface area contributed by atoms with Gasteiger partial charge in [0.25, 0.3) is 0 Å². The standard InChI is InChI=1S/2C22H30O.Ni.2HO2P/c2*1-21(2,3)18-14-17(13-12-16-10-8-7-9-11-16)15-19(20(18)23)22(4,5)6;;2*1-3-2/h2*7-11,14-15,23H,12-13H2,1-6H3;;2*(H,1,2)/q;;+2;;. The van der Waals surface area contributed by atoms with Crippen molar-refractivity contribution in [1.82, 2.24) is 0 Å². The SMILES string of the molecule is CC(C)(C)c1cc(CCc2ccccc2)cc(C(C)(C)C)c1O.CC(C)(C)c1cc(CCc2ccccc2)cc(C(C)(C)C)c1O.O=PO.O=PO.[Ni+2]. The molecule has 0 aliphatic rings. The summed E-state index contributed by atoms with van der Waals surface area (Å²) in [7, 11) is -1.67. The third-order valence-corrected chi connectivity index (χ3v) is 8.66. The molecule has 0 heterocycles. The Hall–Kier alpha value is -2.91. The molecule has 4 N–H and O–H groups in total. The molecule has 4 aromatic carbocycles. The number of phenols is 2. The molecule has 0 aliphatic carbocycles. The van der Waals surface area contributed by atoms with Crippen molar-refractivity contribution < 1.29 is 45.6 Å². The first-order valence-electron chi connectivity index (χ1n) is 17.8. The molecule has 292 valence electrons. The Kier molecular flexibility index (Phi) is 21.2. The Labute approximate surface area is 333 Å². The van der Waals surface area contributed by atoms with Crippen LogP contribution in [0.1, 0.15) is 128 Å². The van der Waals surface area contributed by atoms with Crippen LogP contribution < -0.4 is 0 Å². The molecule has 0 bridgehead atoms. The molecule has 0 aromatic heterocycles. The van der Waals surface area contributed by atoms with Crippen molar-refractivity contribution in [1.29, 1.82) is 0 Å². The summed E-state index contributed by atoms with van der Waals surface area (Å²) >= 11 is 0. The van der Waals surface area contributed by atoms with E-state index in [1.807, 2.05) is 0 Å². The smallest absolute Gasteiger partial charge is 0.507 e. The van der Waals surface area contributed by atoms with Crippen LogP contribution in [0.15, 0.2) is 84.9 Å².